The number of aliphatic hydroxyl groups excluding tert-OH is 36. The first kappa shape index (κ1) is 114. The summed E-state index contributed by atoms with van der Waals surface area (Å²) in [5.41, 5.74) is 0. The predicted molar refractivity (Wildman–Crippen MR) is 418 cm³/mol. The van der Waals surface area contributed by atoms with E-state index in [0.29, 0.717) is 0 Å². The molecule has 12 rings (SSSR count). The van der Waals surface area contributed by atoms with Gasteiger partial charge in [-0.1, -0.05) is 0 Å². The molecule has 808 valence electrons. The van der Waals surface area contributed by atoms with Crippen LogP contribution in [0.2, 0.25) is 0 Å². The number of aliphatic hydroxyl groups is 36. The van der Waals surface area contributed by atoms with Crippen LogP contribution in [0.25, 0.3) is 0 Å². The van der Waals surface area contributed by atoms with Crippen molar-refractivity contribution in [1.82, 2.24) is 10.6 Å². The molecule has 12 aliphatic heterocycles. The number of hydrogen-bond acceptors (Lipinski definition) is 61. The summed E-state index contributed by atoms with van der Waals surface area (Å²) in [5, 5.41) is 408. The Balaban J connectivity index is 0.919. The van der Waals surface area contributed by atoms with Crippen molar-refractivity contribution >= 4 is 11.8 Å². The summed E-state index contributed by atoms with van der Waals surface area (Å²) in [4.78, 5) is 25.5. The second-order valence-corrected chi connectivity index (χ2v) is 35.2. The van der Waals surface area contributed by atoms with Crippen LogP contribution in [0.3, 0.4) is 0 Å². The number of carbonyl (C=O) groups is 2. The molecule has 12 heterocycles. The minimum Gasteiger partial charge on any atom is -0.394 e. The summed E-state index contributed by atoms with van der Waals surface area (Å²) >= 11 is 0. The minimum absolute atomic E-state index is 0.844. The van der Waals surface area contributed by atoms with Crippen LogP contribution in [0, 0.1) is 0 Å². The molecule has 0 spiro atoms. The number of nitrogens with one attached hydrogen (secondary N) is 2. The molecule has 0 aromatic carbocycles. The summed E-state index contributed by atoms with van der Waals surface area (Å²) in [6.45, 7) is -12.2. The standard InChI is InChI=1S/C76H128N2O61/c1-15(88)77-29-41(100)57(24(10-86)120-65(29)116)132-66-30(78-16(2)89)42(101)58(25(11-87)128-66)133-73-56(115)61(40(99)28(130-73)14-118-68-54(113)60(135-70-52(111)45(104)33(92)19(5-81)123-70)39(98)27(129-68)13-117-67-50(109)43(102)31(90)17(3-79)121-67)136-76-64(139-75-63(48(107)36(95)22(8-84)127-75)138-71-53(112)46(105)34(93)20(6-82)124-71)49(108)37(96)26(131-76)12-119-74-62(47(106)35(94)21(7-83)126-74)137-72-55(114)59(38(97)23(9-85)125-72)134-69-51(110)44(103)32(91)18(4-80)122-69/h17-76,79-87,90-116H,3-14H2,1-2H3,(H,77,88)(H,78,89)/t17-,18-,19-,20-,21-,22-,23-,24-,25-,26-,27-,28-,29-,30-,31-,32-,33-,34-,35-,36-,37-,38-,39-,40-,41-,42-,43+,44+,45+,46+,47+,48+,49+,50+,51+,52+,53+,54+,55+,56+,57-,58-,59+,60+,61+,62+,63+,64+,65?,66+,67+,68+,69-,70-,71-,72-,73+,74+,75-,76-/m1/s1. The maximum atomic E-state index is 13.2. The lowest BCUT2D eigenvalue weighted by Crippen LogP contribution is -2.70. The molecule has 63 nitrogen and oxygen atoms in total. The quantitative estimate of drug-likeness (QED) is 0.0277. The summed E-state index contributed by atoms with van der Waals surface area (Å²) in [6.07, 6.45) is -130. The first-order valence-corrected chi connectivity index (χ1v) is 44.2. The van der Waals surface area contributed by atoms with Gasteiger partial charge in [0.1, 0.15) is 293 Å². The van der Waals surface area contributed by atoms with Gasteiger partial charge in [-0.25, -0.2) is 0 Å². The molecule has 1 unspecified atom stereocenters. The third-order valence-electron chi connectivity index (χ3n) is 25.9. The summed E-state index contributed by atoms with van der Waals surface area (Å²) < 4.78 is 135. The van der Waals surface area contributed by atoms with E-state index in [2.05, 4.69) is 10.6 Å². The fourth-order valence-electron chi connectivity index (χ4n) is 17.9. The van der Waals surface area contributed by atoms with E-state index < -0.39 is 459 Å². The van der Waals surface area contributed by atoms with Gasteiger partial charge in [0.15, 0.2) is 75.5 Å². The molecule has 139 heavy (non-hydrogen) atoms. The summed E-state index contributed by atoms with van der Waals surface area (Å²) in [5.74, 6) is -1.87. The van der Waals surface area contributed by atoms with Crippen LogP contribution in [0.1, 0.15) is 13.8 Å². The van der Waals surface area contributed by atoms with Gasteiger partial charge in [0.05, 0.1) is 79.3 Å². The van der Waals surface area contributed by atoms with E-state index >= 15 is 0 Å². The van der Waals surface area contributed by atoms with Crippen molar-refractivity contribution in [3.05, 3.63) is 0 Å². The second kappa shape index (κ2) is 49.8. The first-order valence-electron chi connectivity index (χ1n) is 44.2. The lowest BCUT2D eigenvalue weighted by molar-refractivity contribution is -0.411. The highest BCUT2D eigenvalue weighted by Gasteiger charge is 2.63. The zero-order chi connectivity index (χ0) is 102. The van der Waals surface area contributed by atoms with E-state index in [0.717, 1.165) is 13.8 Å². The minimum atomic E-state index is -2.82. The van der Waals surface area contributed by atoms with E-state index in [-0.39, 0.29) is 0 Å². The fourth-order valence-corrected chi connectivity index (χ4v) is 17.9. The normalized spacial score (nSPS) is 51.9. The molecule has 12 fully saturated rings. The molecule has 38 N–H and O–H groups in total. The van der Waals surface area contributed by atoms with Gasteiger partial charge in [-0.3, -0.25) is 9.59 Å². The van der Waals surface area contributed by atoms with Gasteiger partial charge < -0.3 is 303 Å². The van der Waals surface area contributed by atoms with Crippen molar-refractivity contribution in [2.24, 2.45) is 0 Å². The average Bonchev–Trinajstić information content (AvgIpc) is 0.749. The van der Waals surface area contributed by atoms with E-state index in [9.17, 15) is 193 Å². The van der Waals surface area contributed by atoms with Gasteiger partial charge in [-0.2, -0.15) is 0 Å². The highest BCUT2D eigenvalue weighted by atomic mass is 16.8. The van der Waals surface area contributed by atoms with E-state index in [1.807, 2.05) is 0 Å². The lowest BCUT2D eigenvalue weighted by atomic mass is 9.94. The third-order valence-corrected chi connectivity index (χ3v) is 25.9. The van der Waals surface area contributed by atoms with Crippen LogP contribution < -0.4 is 10.6 Å². The Morgan fingerprint density at radius 1 is 0.187 bits per heavy atom. The Hall–Kier alpha value is -3.42. The Morgan fingerprint density at radius 3 is 0.777 bits per heavy atom. The van der Waals surface area contributed by atoms with Gasteiger partial charge in [-0.15, -0.1) is 0 Å². The van der Waals surface area contributed by atoms with Crippen molar-refractivity contribution in [3.63, 3.8) is 0 Å². The summed E-state index contributed by atoms with van der Waals surface area (Å²) in [7, 11) is 0. The smallest absolute Gasteiger partial charge is 0.217 e. The number of hydrogen-bond donors (Lipinski definition) is 38. The lowest BCUT2D eigenvalue weighted by Gasteiger charge is -2.51. The van der Waals surface area contributed by atoms with Crippen molar-refractivity contribution < 1.29 is 302 Å². The highest BCUT2D eigenvalue weighted by Crippen LogP contribution is 2.42. The van der Waals surface area contributed by atoms with Crippen LogP contribution in [0.4, 0.5) is 0 Å². The zero-order valence-electron chi connectivity index (χ0n) is 73.4. The molecule has 12 saturated heterocycles. The molecular weight excluding hydrogens is 1920 g/mol. The monoisotopic (exact) mass is 2040 g/mol. The average molecular weight is 2050 g/mol. The highest BCUT2D eigenvalue weighted by molar-refractivity contribution is 5.73. The Labute approximate surface area is 784 Å². The second-order valence-electron chi connectivity index (χ2n) is 35.2. The van der Waals surface area contributed by atoms with Crippen LogP contribution in [-0.2, 0) is 119 Å². The molecule has 2 amide bonds. The topological polar surface area (TPSA) is 999 Å². The van der Waals surface area contributed by atoms with Crippen LogP contribution in [-0.4, -0.2) is 643 Å². The zero-order valence-corrected chi connectivity index (χ0v) is 73.4. The van der Waals surface area contributed by atoms with Crippen LogP contribution in [0.15, 0.2) is 0 Å². The van der Waals surface area contributed by atoms with Crippen molar-refractivity contribution in [2.75, 3.05) is 79.3 Å². The number of amides is 2. The number of carbonyl (C=O) groups excluding carboxylic acids is 2. The molecule has 0 bridgehead atoms. The van der Waals surface area contributed by atoms with Gasteiger partial charge in [0, 0.05) is 13.8 Å². The first-order chi connectivity index (χ1) is 65.8. The Bertz CT molecular complexity index is 3730. The maximum absolute atomic E-state index is 13.2. The molecule has 0 aromatic rings. The van der Waals surface area contributed by atoms with Crippen LogP contribution >= 0.6 is 0 Å². The molecule has 0 aliphatic carbocycles. The van der Waals surface area contributed by atoms with E-state index in [4.69, 9.17) is 109 Å². The van der Waals surface area contributed by atoms with Crippen molar-refractivity contribution in [1.29, 1.82) is 0 Å². The molecule has 0 radical (unpaired) electrons. The molecule has 0 saturated carbocycles. The van der Waals surface area contributed by atoms with Crippen molar-refractivity contribution in [3.8, 4) is 0 Å². The van der Waals surface area contributed by atoms with E-state index in [1.165, 1.54) is 0 Å². The Kier molecular flexibility index (Phi) is 41.0. The largest absolute Gasteiger partial charge is 0.394 e. The van der Waals surface area contributed by atoms with Gasteiger partial charge in [0.25, 0.3) is 0 Å². The Morgan fingerprint density at radius 2 is 0.396 bits per heavy atom. The van der Waals surface area contributed by atoms with Crippen LogP contribution in [0.5, 0.6) is 0 Å². The van der Waals surface area contributed by atoms with E-state index in [1.54, 1.807) is 0 Å². The third kappa shape index (κ3) is 24.7. The molecular formula is C76H128N2O61. The predicted octanol–water partition coefficient (Wildman–Crippen LogP) is -26.9. The fraction of sp³-hybridized carbons (Fsp3) is 0.974. The molecule has 0 aromatic heterocycles. The van der Waals surface area contributed by atoms with Gasteiger partial charge in [-0.05, 0) is 0 Å². The molecule has 12 aliphatic rings. The van der Waals surface area contributed by atoms with Crippen molar-refractivity contribution in [2.45, 2.75) is 382 Å². The summed E-state index contributed by atoms with van der Waals surface area (Å²) in [6, 6.07) is -3.79. The van der Waals surface area contributed by atoms with Gasteiger partial charge >= 0.3 is 0 Å². The molecule has 60 atom stereocenters. The molecule has 63 heteroatoms. The van der Waals surface area contributed by atoms with Gasteiger partial charge in [0.2, 0.25) is 11.8 Å². The SMILES string of the molecule is CC(=O)N[C@H]1[C@H](O[C@H]2[C@H](O)[C@@H](NC(C)=O)C(O)O[C@@H]2CO)O[C@H](CO)[C@@H](O[C@@H]2O[C@H](CO[C@H]3O[C@H](CO[C@H]4O[C@H](CO)[C@@H](O)[C@H](O)[C@@H]4O)[C@@H](O)[C@H](O[C@H]4O[C@H](CO)[C@@H](O)[C@H](O)[C@@H]4O)[C@@H]3O)[C@@H](O)[C@H](O[C@H]3O[C@H](CO[C@H]4O[C@H](CO)[C@@H](O)[C@H](O)[C@@H]4O[C@H]4O[C@H](CO)[C@@H](O)[C@H](O[C@H]5O[C@H](CO)[C@@H](O)[C@H](O)[C@@H]5O)[C@@H]4O)[C@@H](O)[C@H](O)[C@@H]3O[C@H]3O[C@H](CO)[C@@H](O)[C@H](O)[C@@H]3O[C@H]3O[C@H](CO)[C@@H](O)[C@H](O)[C@@H]3O)[C@@H]2O)[C@@H]1O. The maximum Gasteiger partial charge on any atom is 0.217 e. The number of ether oxygens (including phenoxy) is 23. The number of rotatable bonds is 36.